The van der Waals surface area contributed by atoms with Crippen LogP contribution < -0.4 is 5.06 Å². The molecule has 0 radical (unpaired) electrons. The van der Waals surface area contributed by atoms with E-state index in [-0.39, 0.29) is 11.0 Å². The molecule has 3 nitrogen and oxygen atoms in total. The predicted molar refractivity (Wildman–Crippen MR) is 48.1 cm³/mol. The topological polar surface area (TPSA) is 44.6 Å². The van der Waals surface area contributed by atoms with Crippen molar-refractivity contribution >= 4 is 5.91 Å². The van der Waals surface area contributed by atoms with Crippen LogP contribution in [0, 0.1) is 5.21 Å². The number of rotatable bonds is 0. The summed E-state index contributed by atoms with van der Waals surface area (Å²) in [5.41, 5.74) is 0.788. The van der Waals surface area contributed by atoms with E-state index in [9.17, 15) is 10.0 Å². The van der Waals surface area contributed by atoms with Crippen molar-refractivity contribution in [2.75, 3.05) is 0 Å². The van der Waals surface area contributed by atoms with Crippen LogP contribution in [0.5, 0.6) is 0 Å². The predicted octanol–water partition coefficient (Wildman–Crippen LogP) is 0.458. The third-order valence-electron chi connectivity index (χ3n) is 2.62. The minimum atomic E-state index is -0.631. The summed E-state index contributed by atoms with van der Waals surface area (Å²) in [6.45, 7) is 3.58. The molecule has 0 aliphatic carbocycles. The Morgan fingerprint density at radius 1 is 1.31 bits per heavy atom. The van der Waals surface area contributed by atoms with Crippen LogP contribution in [0.2, 0.25) is 0 Å². The number of hydrogen-bond acceptors (Lipinski definition) is 2. The Bertz CT molecular complexity index is 371. The van der Waals surface area contributed by atoms with Crippen molar-refractivity contribution in [2.45, 2.75) is 19.4 Å². The van der Waals surface area contributed by atoms with Gasteiger partial charge in [-0.2, -0.15) is 0 Å². The lowest BCUT2D eigenvalue weighted by Crippen LogP contribution is -3.13. The summed E-state index contributed by atoms with van der Waals surface area (Å²) < 4.78 is 0. The first-order chi connectivity index (χ1) is 6.05. The zero-order valence-electron chi connectivity index (χ0n) is 7.63. The minimum absolute atomic E-state index is 0.297. The van der Waals surface area contributed by atoms with Gasteiger partial charge in [0.05, 0.1) is 5.56 Å². The molecule has 2 rings (SSSR count). The molecule has 1 atom stereocenters. The van der Waals surface area contributed by atoms with Crippen LogP contribution in [0.4, 0.5) is 0 Å². The highest BCUT2D eigenvalue weighted by Gasteiger charge is 2.43. The maximum Gasteiger partial charge on any atom is 0.345 e. The van der Waals surface area contributed by atoms with Crippen LogP contribution in [0.15, 0.2) is 24.3 Å². The normalized spacial score (nSPS) is 24.5. The molecule has 3 heteroatoms. The number of nitrogens with one attached hydrogen (secondary N) is 1. The summed E-state index contributed by atoms with van der Waals surface area (Å²) in [5.74, 6) is -0.347. The third-order valence-corrected chi connectivity index (χ3v) is 2.62. The van der Waals surface area contributed by atoms with Crippen molar-refractivity contribution in [1.82, 2.24) is 0 Å². The van der Waals surface area contributed by atoms with Gasteiger partial charge in [-0.1, -0.05) is 18.2 Å². The molecule has 0 bridgehead atoms. The number of carbonyl (C=O) groups is 1. The summed E-state index contributed by atoms with van der Waals surface area (Å²) >= 11 is 0. The first kappa shape index (κ1) is 8.41. The van der Waals surface area contributed by atoms with Crippen molar-refractivity contribution in [3.8, 4) is 0 Å². The molecule has 1 aromatic carbocycles. The molecule has 68 valence electrons. The highest BCUT2D eigenvalue weighted by molar-refractivity contribution is 5.92. The van der Waals surface area contributed by atoms with Gasteiger partial charge in [0.15, 0.2) is 0 Å². The number of carbonyl (C=O) groups excluding carboxylic acids is 1. The van der Waals surface area contributed by atoms with Gasteiger partial charge in [-0.15, -0.1) is 0 Å². The molecule has 1 heterocycles. The van der Waals surface area contributed by atoms with Crippen LogP contribution in [-0.2, 0) is 5.54 Å². The molecule has 1 N–H and O–H groups in total. The standard InChI is InChI=1S/C10H11NO2/c1-10(2)8-6-4-3-5-7(8)9(12)11(10)13/h3-6,11H,1-2H3. The highest BCUT2D eigenvalue weighted by atomic mass is 16.5. The van der Waals surface area contributed by atoms with E-state index in [0.29, 0.717) is 5.56 Å². The third kappa shape index (κ3) is 0.944. The molecular weight excluding hydrogens is 166 g/mol. The van der Waals surface area contributed by atoms with Gasteiger partial charge in [-0.3, -0.25) is 5.06 Å². The van der Waals surface area contributed by atoms with Crippen molar-refractivity contribution in [2.24, 2.45) is 0 Å². The van der Waals surface area contributed by atoms with Crippen molar-refractivity contribution in [3.05, 3.63) is 40.6 Å². The molecular formula is C10H11NO2. The van der Waals surface area contributed by atoms with Crippen LogP contribution in [-0.4, -0.2) is 5.91 Å². The number of hydroxylamine groups is 2. The Balaban J connectivity index is 2.68. The maximum atomic E-state index is 11.5. The molecule has 0 saturated carbocycles. The van der Waals surface area contributed by atoms with Gasteiger partial charge in [0.1, 0.15) is 5.54 Å². The first-order valence-electron chi connectivity index (χ1n) is 4.24. The van der Waals surface area contributed by atoms with E-state index in [1.54, 1.807) is 26.0 Å². The Labute approximate surface area is 76.6 Å². The van der Waals surface area contributed by atoms with Crippen molar-refractivity contribution in [3.63, 3.8) is 0 Å². The molecule has 0 aromatic heterocycles. The molecule has 0 saturated heterocycles. The lowest BCUT2D eigenvalue weighted by molar-refractivity contribution is -0.820. The number of fused-ring (bicyclic) bond motifs is 1. The molecule has 0 fully saturated rings. The molecule has 1 aliphatic rings. The molecule has 0 spiro atoms. The highest BCUT2D eigenvalue weighted by Crippen LogP contribution is 2.25. The van der Waals surface area contributed by atoms with E-state index in [4.69, 9.17) is 0 Å². The zero-order chi connectivity index (χ0) is 9.64. The Morgan fingerprint density at radius 2 is 1.92 bits per heavy atom. The van der Waals surface area contributed by atoms with Crippen LogP contribution in [0.3, 0.4) is 0 Å². The zero-order valence-corrected chi connectivity index (χ0v) is 7.63. The summed E-state index contributed by atoms with van der Waals surface area (Å²) in [6, 6.07) is 7.19. The van der Waals surface area contributed by atoms with E-state index >= 15 is 0 Å². The molecule has 1 aliphatic heterocycles. The first-order valence-corrected chi connectivity index (χ1v) is 4.24. The second-order valence-corrected chi connectivity index (χ2v) is 3.83. The van der Waals surface area contributed by atoms with Gasteiger partial charge in [-0.05, 0) is 19.9 Å². The van der Waals surface area contributed by atoms with E-state index in [2.05, 4.69) is 0 Å². The van der Waals surface area contributed by atoms with E-state index in [0.717, 1.165) is 5.56 Å². The average Bonchev–Trinajstić information content (AvgIpc) is 2.30. The second kappa shape index (κ2) is 2.40. The van der Waals surface area contributed by atoms with E-state index < -0.39 is 5.54 Å². The minimum Gasteiger partial charge on any atom is -0.626 e. The van der Waals surface area contributed by atoms with Crippen LogP contribution in [0.1, 0.15) is 29.8 Å². The van der Waals surface area contributed by atoms with Gasteiger partial charge in [-0.25, -0.2) is 4.79 Å². The summed E-state index contributed by atoms with van der Waals surface area (Å²) in [4.78, 5) is 11.5. The summed E-state index contributed by atoms with van der Waals surface area (Å²) in [6.07, 6.45) is 0. The fourth-order valence-corrected chi connectivity index (χ4v) is 1.75. The summed E-state index contributed by atoms with van der Waals surface area (Å²) in [5, 5.41) is 11.2. The number of amides is 1. The number of benzene rings is 1. The Kier molecular flexibility index (Phi) is 1.55. The van der Waals surface area contributed by atoms with Crippen LogP contribution >= 0.6 is 0 Å². The fourth-order valence-electron chi connectivity index (χ4n) is 1.75. The smallest absolute Gasteiger partial charge is 0.345 e. The monoisotopic (exact) mass is 177 g/mol. The molecule has 1 amide bonds. The summed E-state index contributed by atoms with van der Waals surface area (Å²) in [7, 11) is 0. The van der Waals surface area contributed by atoms with Gasteiger partial charge < -0.3 is 5.21 Å². The van der Waals surface area contributed by atoms with Gasteiger partial charge in [0.2, 0.25) is 0 Å². The van der Waals surface area contributed by atoms with Crippen molar-refractivity contribution in [1.29, 1.82) is 0 Å². The Morgan fingerprint density at radius 3 is 2.54 bits per heavy atom. The second-order valence-electron chi connectivity index (χ2n) is 3.83. The van der Waals surface area contributed by atoms with Crippen LogP contribution in [0.25, 0.3) is 0 Å². The quantitative estimate of drug-likeness (QED) is 0.585. The number of hydrogen-bond donors (Lipinski definition) is 1. The van der Waals surface area contributed by atoms with E-state index in [1.165, 1.54) is 0 Å². The molecule has 1 aromatic rings. The largest absolute Gasteiger partial charge is 0.626 e. The van der Waals surface area contributed by atoms with Gasteiger partial charge in [0, 0.05) is 5.56 Å². The maximum absolute atomic E-state index is 11.5. The van der Waals surface area contributed by atoms with E-state index in [1.807, 2.05) is 12.1 Å². The molecule has 1 unspecified atom stereocenters. The number of quaternary nitrogens is 1. The van der Waals surface area contributed by atoms with Gasteiger partial charge >= 0.3 is 5.91 Å². The average molecular weight is 177 g/mol. The fraction of sp³-hybridized carbons (Fsp3) is 0.300. The van der Waals surface area contributed by atoms with Gasteiger partial charge in [0.25, 0.3) is 0 Å². The van der Waals surface area contributed by atoms with Crippen molar-refractivity contribution < 1.29 is 9.86 Å². The SMILES string of the molecule is CC1(C)c2ccccc2C(=O)[NH+]1[O-]. The lowest BCUT2D eigenvalue weighted by atomic mass is 9.95. The molecule has 13 heavy (non-hydrogen) atoms. The Hall–Kier alpha value is -1.19. The lowest BCUT2D eigenvalue weighted by Gasteiger charge is -2.29.